The molecule has 0 amide bonds. The lowest BCUT2D eigenvalue weighted by Crippen LogP contribution is -2.06. The zero-order chi connectivity index (χ0) is 12.1. The van der Waals surface area contributed by atoms with Crippen LogP contribution in [0.3, 0.4) is 0 Å². The third-order valence-electron chi connectivity index (χ3n) is 2.01. The Hall–Kier alpha value is -1.42. The van der Waals surface area contributed by atoms with Gasteiger partial charge in [-0.2, -0.15) is 0 Å². The fourth-order valence-electron chi connectivity index (χ4n) is 1.28. The summed E-state index contributed by atoms with van der Waals surface area (Å²) in [6, 6.07) is 4.08. The molecule has 0 aliphatic rings. The molecule has 5 heteroatoms. The lowest BCUT2D eigenvalue weighted by molar-refractivity contribution is -0.136. The van der Waals surface area contributed by atoms with E-state index in [1.54, 1.807) is 0 Å². The number of carboxylic acid groups (broad SMARTS) is 1. The van der Waals surface area contributed by atoms with Crippen molar-refractivity contribution in [3.05, 3.63) is 35.1 Å². The van der Waals surface area contributed by atoms with Gasteiger partial charge in [0.2, 0.25) is 0 Å². The maximum atomic E-state index is 13.4. The highest BCUT2D eigenvalue weighted by atomic mass is 35.5. The summed E-state index contributed by atoms with van der Waals surface area (Å²) < 4.78 is 13.4. The molecule has 1 N–H and O–H groups in total. The van der Waals surface area contributed by atoms with Crippen LogP contribution in [0.15, 0.2) is 18.2 Å². The summed E-state index contributed by atoms with van der Waals surface area (Å²) in [6.45, 7) is 0. The van der Waals surface area contributed by atoms with Crippen molar-refractivity contribution >= 4 is 23.4 Å². The molecule has 0 heterocycles. The van der Waals surface area contributed by atoms with E-state index >= 15 is 0 Å². The van der Waals surface area contributed by atoms with Crippen LogP contribution in [0, 0.1) is 5.82 Å². The third kappa shape index (κ3) is 3.62. The number of hydrogen-bond acceptors (Lipinski definition) is 2. The molecule has 1 rings (SSSR count). The molecule has 0 spiro atoms. The average molecular weight is 245 g/mol. The van der Waals surface area contributed by atoms with Crippen LogP contribution in [-0.2, 0) is 22.4 Å². The fourth-order valence-corrected chi connectivity index (χ4v) is 1.38. The Morgan fingerprint density at radius 3 is 2.50 bits per heavy atom. The lowest BCUT2D eigenvalue weighted by Gasteiger charge is -2.03. The average Bonchev–Trinajstić information content (AvgIpc) is 2.21. The van der Waals surface area contributed by atoms with E-state index in [4.69, 9.17) is 16.7 Å². The zero-order valence-corrected chi connectivity index (χ0v) is 9.13. The Balaban J connectivity index is 2.82. The Morgan fingerprint density at radius 2 is 2.00 bits per heavy atom. The van der Waals surface area contributed by atoms with E-state index in [0.717, 1.165) is 0 Å². The van der Waals surface area contributed by atoms with E-state index < -0.39 is 11.8 Å². The van der Waals surface area contributed by atoms with Gasteiger partial charge in [-0.25, -0.2) is 4.39 Å². The Labute approximate surface area is 96.8 Å². The molecule has 16 heavy (non-hydrogen) atoms. The summed E-state index contributed by atoms with van der Waals surface area (Å²) in [6.07, 6.45) is -0.302. The fraction of sp³-hybridized carbons (Fsp3) is 0.273. The normalized spacial score (nSPS) is 10.1. The second-order valence-corrected chi connectivity index (χ2v) is 3.61. The predicted molar refractivity (Wildman–Crippen MR) is 57.2 cm³/mol. The second kappa shape index (κ2) is 5.61. The highest BCUT2D eigenvalue weighted by molar-refractivity contribution is 6.27. The first-order chi connectivity index (χ1) is 7.52. The van der Waals surface area contributed by atoms with Gasteiger partial charge in [-0.1, -0.05) is 12.1 Å². The molecule has 3 nitrogen and oxygen atoms in total. The molecule has 1 aromatic carbocycles. The van der Waals surface area contributed by atoms with E-state index in [9.17, 15) is 14.0 Å². The first-order valence-electron chi connectivity index (χ1n) is 4.59. The summed E-state index contributed by atoms with van der Waals surface area (Å²) in [5.74, 6) is -2.02. The van der Waals surface area contributed by atoms with Crippen LogP contribution in [0.25, 0.3) is 0 Å². The zero-order valence-electron chi connectivity index (χ0n) is 8.37. The topological polar surface area (TPSA) is 54.4 Å². The molecule has 0 saturated carbocycles. The Morgan fingerprint density at radius 1 is 1.31 bits per heavy atom. The van der Waals surface area contributed by atoms with E-state index in [2.05, 4.69) is 0 Å². The van der Waals surface area contributed by atoms with Crippen molar-refractivity contribution in [3.63, 3.8) is 0 Å². The van der Waals surface area contributed by atoms with Crippen LogP contribution in [0.1, 0.15) is 11.1 Å². The van der Waals surface area contributed by atoms with Gasteiger partial charge in [-0.3, -0.25) is 9.59 Å². The van der Waals surface area contributed by atoms with Gasteiger partial charge in [0.15, 0.2) is 5.78 Å². The molecule has 0 aromatic heterocycles. The maximum absolute atomic E-state index is 13.4. The number of benzene rings is 1. The Kier molecular flexibility index (Phi) is 4.43. The van der Waals surface area contributed by atoms with Crippen LogP contribution < -0.4 is 0 Å². The monoisotopic (exact) mass is 244 g/mol. The summed E-state index contributed by atoms with van der Waals surface area (Å²) in [5, 5.41) is 8.51. The van der Waals surface area contributed by atoms with Crippen LogP contribution in [0.2, 0.25) is 0 Å². The van der Waals surface area contributed by atoms with Gasteiger partial charge in [-0.15, -0.1) is 11.6 Å². The van der Waals surface area contributed by atoms with Crippen molar-refractivity contribution in [2.45, 2.75) is 12.8 Å². The van der Waals surface area contributed by atoms with Crippen LogP contribution in [-0.4, -0.2) is 22.7 Å². The standard InChI is InChI=1S/C11H10ClFO3/c12-6-9(14)3-7-1-2-8(5-11(15)16)10(13)4-7/h1-2,4H,3,5-6H2,(H,15,16). The van der Waals surface area contributed by atoms with Gasteiger partial charge < -0.3 is 5.11 Å². The van der Waals surface area contributed by atoms with E-state index in [0.29, 0.717) is 5.56 Å². The maximum Gasteiger partial charge on any atom is 0.307 e. The van der Waals surface area contributed by atoms with Crippen molar-refractivity contribution < 1.29 is 19.1 Å². The molecule has 0 fully saturated rings. The number of carbonyl (C=O) groups is 2. The highest BCUT2D eigenvalue weighted by Gasteiger charge is 2.09. The Bertz CT molecular complexity index is 418. The molecular formula is C11H10ClFO3. The lowest BCUT2D eigenvalue weighted by atomic mass is 10.0. The number of Topliss-reactive ketones (excluding diaryl/α,β-unsaturated/α-hetero) is 1. The van der Waals surface area contributed by atoms with Crippen LogP contribution in [0.4, 0.5) is 4.39 Å². The summed E-state index contributed by atoms with van der Waals surface area (Å²) in [5.41, 5.74) is 0.604. The number of hydrogen-bond donors (Lipinski definition) is 1. The van der Waals surface area contributed by atoms with Gasteiger partial charge in [-0.05, 0) is 17.2 Å². The molecule has 0 saturated heterocycles. The van der Waals surface area contributed by atoms with E-state index in [1.165, 1.54) is 18.2 Å². The van der Waals surface area contributed by atoms with Gasteiger partial charge in [0.1, 0.15) is 5.82 Å². The number of aliphatic carboxylic acids is 1. The van der Waals surface area contributed by atoms with E-state index in [1.807, 2.05) is 0 Å². The van der Waals surface area contributed by atoms with Gasteiger partial charge in [0, 0.05) is 6.42 Å². The van der Waals surface area contributed by atoms with Crippen LogP contribution in [0.5, 0.6) is 0 Å². The first kappa shape index (κ1) is 12.6. The van der Waals surface area contributed by atoms with E-state index in [-0.39, 0.29) is 30.1 Å². The minimum absolute atomic E-state index is 0.0633. The van der Waals surface area contributed by atoms with Crippen molar-refractivity contribution in [1.82, 2.24) is 0 Å². The number of rotatable bonds is 5. The van der Waals surface area contributed by atoms with Crippen LogP contribution >= 0.6 is 11.6 Å². The molecule has 0 atom stereocenters. The number of carboxylic acids is 1. The smallest absolute Gasteiger partial charge is 0.307 e. The quantitative estimate of drug-likeness (QED) is 0.804. The van der Waals surface area contributed by atoms with Gasteiger partial charge in [0.05, 0.1) is 12.3 Å². The second-order valence-electron chi connectivity index (χ2n) is 3.35. The molecular weight excluding hydrogens is 235 g/mol. The van der Waals surface area contributed by atoms with Crippen molar-refractivity contribution in [2.24, 2.45) is 0 Å². The molecule has 1 aromatic rings. The minimum atomic E-state index is -1.09. The molecule has 86 valence electrons. The van der Waals surface area contributed by atoms with Crippen molar-refractivity contribution in [1.29, 1.82) is 0 Å². The molecule has 0 aliphatic heterocycles. The van der Waals surface area contributed by atoms with Crippen molar-refractivity contribution in [3.8, 4) is 0 Å². The van der Waals surface area contributed by atoms with Gasteiger partial charge >= 0.3 is 5.97 Å². The minimum Gasteiger partial charge on any atom is -0.481 e. The summed E-state index contributed by atoms with van der Waals surface area (Å²) in [4.78, 5) is 21.4. The van der Waals surface area contributed by atoms with Crippen molar-refractivity contribution in [2.75, 3.05) is 5.88 Å². The number of alkyl halides is 1. The first-order valence-corrected chi connectivity index (χ1v) is 5.13. The molecule has 0 aliphatic carbocycles. The SMILES string of the molecule is O=C(O)Cc1ccc(CC(=O)CCl)cc1F. The molecule has 0 unspecified atom stereocenters. The largest absolute Gasteiger partial charge is 0.481 e. The predicted octanol–water partition coefficient (Wildman–Crippen LogP) is 1.80. The number of carbonyl (C=O) groups excluding carboxylic acids is 1. The summed E-state index contributed by atoms with van der Waals surface area (Å²) >= 11 is 5.32. The number of ketones is 1. The number of halogens is 2. The highest BCUT2D eigenvalue weighted by Crippen LogP contribution is 2.12. The summed E-state index contributed by atoms with van der Waals surface area (Å²) in [7, 11) is 0. The molecule has 0 radical (unpaired) electrons. The van der Waals surface area contributed by atoms with Gasteiger partial charge in [0.25, 0.3) is 0 Å². The third-order valence-corrected chi connectivity index (χ3v) is 2.31. The molecule has 0 bridgehead atoms.